The first kappa shape index (κ1) is 12.3. The molecule has 1 heterocycles. The molecule has 0 fully saturated rings. The van der Waals surface area contributed by atoms with Crippen molar-refractivity contribution in [1.82, 2.24) is 9.88 Å². The number of carbonyl (C=O) groups excluding carboxylic acids is 1. The second-order valence-electron chi connectivity index (χ2n) is 4.90. The summed E-state index contributed by atoms with van der Waals surface area (Å²) in [5.74, 6) is -0.0198. The van der Waals surface area contributed by atoms with Gasteiger partial charge in [0.05, 0.1) is 11.1 Å². The quantitative estimate of drug-likeness (QED) is 0.895. The number of benzene rings is 1. The number of aryl methyl sites for hydroxylation is 1. The van der Waals surface area contributed by atoms with Crippen molar-refractivity contribution >= 4 is 17.5 Å². The van der Waals surface area contributed by atoms with Crippen LogP contribution >= 0.6 is 11.6 Å². The minimum absolute atomic E-state index is 0.0198. The fourth-order valence-electron chi connectivity index (χ4n) is 2.76. The summed E-state index contributed by atoms with van der Waals surface area (Å²) in [7, 11) is 1.85. The van der Waals surface area contributed by atoms with E-state index >= 15 is 0 Å². The molecule has 1 aliphatic rings. The summed E-state index contributed by atoms with van der Waals surface area (Å²) in [6.07, 6.45) is 3.64. The summed E-state index contributed by atoms with van der Waals surface area (Å²) in [6, 6.07) is 10.2. The van der Waals surface area contributed by atoms with Gasteiger partial charge in [0.25, 0.3) is 5.91 Å². The van der Waals surface area contributed by atoms with Gasteiger partial charge in [-0.2, -0.15) is 0 Å². The van der Waals surface area contributed by atoms with Crippen molar-refractivity contribution in [3.63, 3.8) is 0 Å². The maximum Gasteiger partial charge on any atom is 0.270 e. The molecule has 0 spiro atoms. The summed E-state index contributed by atoms with van der Waals surface area (Å²) >= 11 is 5.85. The standard InChI is InChI=1S/C15H15ClN2O/c1-18(15(19)13-8-11(16)9-17-13)14-7-6-10-4-2-3-5-12(10)14/h2-5,8-9,14,17H,6-7H2,1H3. The van der Waals surface area contributed by atoms with E-state index in [1.54, 1.807) is 17.2 Å². The van der Waals surface area contributed by atoms with Crippen LogP contribution in [-0.4, -0.2) is 22.8 Å². The van der Waals surface area contributed by atoms with E-state index in [2.05, 4.69) is 17.1 Å². The molecule has 1 aliphatic carbocycles. The Morgan fingerprint density at radius 2 is 2.21 bits per heavy atom. The Balaban J connectivity index is 1.86. The monoisotopic (exact) mass is 274 g/mol. The molecule has 4 heteroatoms. The second kappa shape index (κ2) is 4.74. The van der Waals surface area contributed by atoms with E-state index in [-0.39, 0.29) is 11.9 Å². The van der Waals surface area contributed by atoms with E-state index in [1.165, 1.54) is 11.1 Å². The van der Waals surface area contributed by atoms with Crippen LogP contribution < -0.4 is 0 Å². The highest BCUT2D eigenvalue weighted by Crippen LogP contribution is 2.35. The van der Waals surface area contributed by atoms with Gasteiger partial charge in [-0.05, 0) is 30.0 Å². The molecule has 0 saturated carbocycles. The molecule has 19 heavy (non-hydrogen) atoms. The summed E-state index contributed by atoms with van der Waals surface area (Å²) < 4.78 is 0. The zero-order valence-corrected chi connectivity index (χ0v) is 11.4. The first-order valence-electron chi connectivity index (χ1n) is 6.35. The molecule has 1 atom stereocenters. The number of nitrogens with one attached hydrogen (secondary N) is 1. The minimum Gasteiger partial charge on any atom is -0.356 e. The highest BCUT2D eigenvalue weighted by Gasteiger charge is 2.29. The summed E-state index contributed by atoms with van der Waals surface area (Å²) in [5, 5.41) is 0.559. The summed E-state index contributed by atoms with van der Waals surface area (Å²) in [6.45, 7) is 0. The molecule has 0 bridgehead atoms. The predicted octanol–water partition coefficient (Wildman–Crippen LogP) is 3.43. The fraction of sp³-hybridized carbons (Fsp3) is 0.267. The average molecular weight is 275 g/mol. The zero-order chi connectivity index (χ0) is 13.4. The van der Waals surface area contributed by atoms with Crippen LogP contribution in [0.2, 0.25) is 5.02 Å². The van der Waals surface area contributed by atoms with Crippen LogP contribution in [0.25, 0.3) is 0 Å². The Morgan fingerprint density at radius 3 is 2.95 bits per heavy atom. The highest BCUT2D eigenvalue weighted by molar-refractivity contribution is 6.30. The topological polar surface area (TPSA) is 36.1 Å². The predicted molar refractivity (Wildman–Crippen MR) is 75.4 cm³/mol. The van der Waals surface area contributed by atoms with Crippen molar-refractivity contribution in [2.24, 2.45) is 0 Å². The molecule has 2 aromatic rings. The van der Waals surface area contributed by atoms with E-state index in [1.807, 2.05) is 19.2 Å². The number of aromatic nitrogens is 1. The number of amides is 1. The SMILES string of the molecule is CN(C(=O)c1cc(Cl)c[nH]1)C1CCc2ccccc21. The van der Waals surface area contributed by atoms with Gasteiger partial charge < -0.3 is 9.88 Å². The van der Waals surface area contributed by atoms with Crippen LogP contribution in [0.4, 0.5) is 0 Å². The number of nitrogens with zero attached hydrogens (tertiary/aromatic N) is 1. The number of hydrogen-bond donors (Lipinski definition) is 1. The third-order valence-corrected chi connectivity index (χ3v) is 3.99. The number of aromatic amines is 1. The van der Waals surface area contributed by atoms with Crippen LogP contribution in [0, 0.1) is 0 Å². The Kier molecular flexibility index (Phi) is 3.07. The number of H-pyrrole nitrogens is 1. The molecular weight excluding hydrogens is 260 g/mol. The summed E-state index contributed by atoms with van der Waals surface area (Å²) in [5.41, 5.74) is 3.14. The van der Waals surface area contributed by atoms with Gasteiger partial charge in [0.2, 0.25) is 0 Å². The number of fused-ring (bicyclic) bond motifs is 1. The molecule has 1 unspecified atom stereocenters. The van der Waals surface area contributed by atoms with Crippen LogP contribution in [0.15, 0.2) is 36.5 Å². The largest absolute Gasteiger partial charge is 0.356 e. The Hall–Kier alpha value is -1.74. The Bertz CT molecular complexity index is 620. The number of carbonyl (C=O) groups is 1. The first-order chi connectivity index (χ1) is 9.16. The second-order valence-corrected chi connectivity index (χ2v) is 5.34. The third kappa shape index (κ3) is 2.15. The number of halogens is 1. The lowest BCUT2D eigenvalue weighted by Crippen LogP contribution is -2.30. The van der Waals surface area contributed by atoms with Gasteiger partial charge in [0.15, 0.2) is 0 Å². The molecule has 1 aromatic carbocycles. The van der Waals surface area contributed by atoms with Crippen LogP contribution in [0.3, 0.4) is 0 Å². The van der Waals surface area contributed by atoms with Crippen molar-refractivity contribution in [2.75, 3.05) is 7.05 Å². The lowest BCUT2D eigenvalue weighted by Gasteiger charge is -2.25. The summed E-state index contributed by atoms with van der Waals surface area (Å²) in [4.78, 5) is 17.1. The number of rotatable bonds is 2. The fourth-order valence-corrected chi connectivity index (χ4v) is 2.92. The molecule has 1 amide bonds. The maximum absolute atomic E-state index is 12.4. The van der Waals surface area contributed by atoms with Gasteiger partial charge in [-0.3, -0.25) is 4.79 Å². The highest BCUT2D eigenvalue weighted by atomic mass is 35.5. The number of hydrogen-bond acceptors (Lipinski definition) is 1. The van der Waals surface area contributed by atoms with Crippen molar-refractivity contribution < 1.29 is 4.79 Å². The van der Waals surface area contributed by atoms with Gasteiger partial charge in [-0.15, -0.1) is 0 Å². The van der Waals surface area contributed by atoms with Crippen LogP contribution in [0.1, 0.15) is 34.1 Å². The molecule has 0 saturated heterocycles. The van der Waals surface area contributed by atoms with E-state index in [0.29, 0.717) is 10.7 Å². The molecule has 98 valence electrons. The molecule has 3 nitrogen and oxygen atoms in total. The smallest absolute Gasteiger partial charge is 0.270 e. The zero-order valence-electron chi connectivity index (χ0n) is 10.7. The maximum atomic E-state index is 12.4. The Labute approximate surface area is 117 Å². The molecule has 1 aromatic heterocycles. The van der Waals surface area contributed by atoms with Gasteiger partial charge >= 0.3 is 0 Å². The molecular formula is C15H15ClN2O. The van der Waals surface area contributed by atoms with Crippen molar-refractivity contribution in [3.8, 4) is 0 Å². The normalized spacial score (nSPS) is 17.3. The first-order valence-corrected chi connectivity index (χ1v) is 6.73. The van der Waals surface area contributed by atoms with Gasteiger partial charge in [-0.25, -0.2) is 0 Å². The molecule has 1 N–H and O–H groups in total. The van der Waals surface area contributed by atoms with Crippen molar-refractivity contribution in [3.05, 3.63) is 58.4 Å². The third-order valence-electron chi connectivity index (χ3n) is 3.77. The lowest BCUT2D eigenvalue weighted by molar-refractivity contribution is 0.0725. The van der Waals surface area contributed by atoms with Crippen LogP contribution in [0.5, 0.6) is 0 Å². The molecule has 0 aliphatic heterocycles. The van der Waals surface area contributed by atoms with Crippen molar-refractivity contribution in [1.29, 1.82) is 0 Å². The van der Waals surface area contributed by atoms with Gasteiger partial charge in [0, 0.05) is 13.2 Å². The van der Waals surface area contributed by atoms with E-state index in [9.17, 15) is 4.79 Å². The van der Waals surface area contributed by atoms with E-state index in [4.69, 9.17) is 11.6 Å². The minimum atomic E-state index is -0.0198. The van der Waals surface area contributed by atoms with Crippen molar-refractivity contribution in [2.45, 2.75) is 18.9 Å². The lowest BCUT2D eigenvalue weighted by atomic mass is 10.1. The van der Waals surface area contributed by atoms with E-state index in [0.717, 1.165) is 12.8 Å². The molecule has 0 radical (unpaired) electrons. The Morgan fingerprint density at radius 1 is 1.42 bits per heavy atom. The average Bonchev–Trinajstić information content (AvgIpc) is 3.03. The van der Waals surface area contributed by atoms with Gasteiger partial charge in [-0.1, -0.05) is 35.9 Å². The van der Waals surface area contributed by atoms with Crippen LogP contribution in [-0.2, 0) is 6.42 Å². The van der Waals surface area contributed by atoms with Gasteiger partial charge in [0.1, 0.15) is 5.69 Å². The van der Waals surface area contributed by atoms with E-state index < -0.39 is 0 Å². The molecule has 3 rings (SSSR count).